The number of nitrogens with one attached hydrogen (secondary N) is 1. The molecule has 1 N–H and O–H groups in total. The van der Waals surface area contributed by atoms with Gasteiger partial charge in [0, 0.05) is 13.0 Å². The first-order valence-corrected chi connectivity index (χ1v) is 8.37. The van der Waals surface area contributed by atoms with Crippen molar-refractivity contribution in [1.82, 2.24) is 15.0 Å². The molecule has 0 aliphatic rings. The number of hydrogen-bond acceptors (Lipinski definition) is 5. The van der Waals surface area contributed by atoms with Gasteiger partial charge in [-0.15, -0.1) is 5.10 Å². The van der Waals surface area contributed by atoms with Crippen molar-refractivity contribution in [3.05, 3.63) is 71.3 Å². The minimum Gasteiger partial charge on any atom is -0.456 e. The molecule has 3 aromatic rings. The number of alkyl halides is 3. The highest BCUT2D eigenvalue weighted by Crippen LogP contribution is 2.32. The third kappa shape index (κ3) is 5.18. The fraction of sp³-hybridized carbons (Fsp3) is 0.158. The molecule has 2 aromatic heterocycles. The number of amides is 1. The number of benzene rings is 1. The van der Waals surface area contributed by atoms with Gasteiger partial charge in [-0.2, -0.15) is 23.1 Å². The van der Waals surface area contributed by atoms with Crippen LogP contribution in [0.25, 0.3) is 6.08 Å². The maximum absolute atomic E-state index is 13.0. The van der Waals surface area contributed by atoms with Crippen LogP contribution >= 0.6 is 0 Å². The van der Waals surface area contributed by atoms with Crippen molar-refractivity contribution in [3.8, 4) is 0 Å². The zero-order valence-corrected chi connectivity index (χ0v) is 15.1. The molecule has 0 radical (unpaired) electrons. The molecule has 0 unspecified atom stereocenters. The van der Waals surface area contributed by atoms with Crippen molar-refractivity contribution in [2.45, 2.75) is 19.6 Å². The number of hydrogen-bond donors (Lipinski definition) is 1. The molecule has 7 nitrogen and oxygen atoms in total. The molecule has 0 fully saturated rings. The minimum absolute atomic E-state index is 0.113. The van der Waals surface area contributed by atoms with E-state index in [1.165, 1.54) is 42.2 Å². The Labute approximate surface area is 162 Å². The molecule has 0 aliphatic carbocycles. The van der Waals surface area contributed by atoms with Crippen molar-refractivity contribution in [1.29, 1.82) is 0 Å². The Hall–Kier alpha value is -3.69. The molecule has 1 aromatic carbocycles. The summed E-state index contributed by atoms with van der Waals surface area (Å²) >= 11 is 0. The van der Waals surface area contributed by atoms with E-state index in [1.807, 2.05) is 0 Å². The molecule has 0 spiro atoms. The summed E-state index contributed by atoms with van der Waals surface area (Å²) in [5, 5.41) is 10.4. The van der Waals surface area contributed by atoms with E-state index < -0.39 is 17.6 Å². The van der Waals surface area contributed by atoms with E-state index in [2.05, 4.69) is 15.5 Å². The number of anilines is 1. The average molecular weight is 404 g/mol. The Morgan fingerprint density at radius 3 is 2.66 bits per heavy atom. The Bertz CT molecular complexity index is 1070. The van der Waals surface area contributed by atoms with Crippen LogP contribution in [0.1, 0.15) is 34.4 Å². The quantitative estimate of drug-likeness (QED) is 0.499. The summed E-state index contributed by atoms with van der Waals surface area (Å²) in [6, 6.07) is 8.07. The van der Waals surface area contributed by atoms with Crippen LogP contribution < -0.4 is 5.32 Å². The Kier molecular flexibility index (Phi) is 5.62. The standard InChI is InChI=1S/C19H15F3N4O3/c1-12(27)16-8-7-14(29-16)11-26-23-10-17(25-26)24-18(28)9-6-13-4-2-3-5-15(13)19(20,21)22/h2-10H,11H2,1H3,(H,24,25,28). The highest BCUT2D eigenvalue weighted by atomic mass is 19.4. The van der Waals surface area contributed by atoms with E-state index in [0.29, 0.717) is 5.76 Å². The molecule has 0 saturated heterocycles. The van der Waals surface area contributed by atoms with Gasteiger partial charge in [0.1, 0.15) is 12.3 Å². The summed E-state index contributed by atoms with van der Waals surface area (Å²) in [4.78, 5) is 24.4. The Morgan fingerprint density at radius 2 is 1.97 bits per heavy atom. The topological polar surface area (TPSA) is 90.0 Å². The van der Waals surface area contributed by atoms with E-state index in [0.717, 1.165) is 18.2 Å². The minimum atomic E-state index is -4.52. The van der Waals surface area contributed by atoms with Crippen molar-refractivity contribution in [2.24, 2.45) is 0 Å². The lowest BCUT2D eigenvalue weighted by Crippen LogP contribution is -2.10. The molecule has 0 saturated carbocycles. The van der Waals surface area contributed by atoms with E-state index in [-0.39, 0.29) is 29.5 Å². The lowest BCUT2D eigenvalue weighted by molar-refractivity contribution is -0.137. The highest BCUT2D eigenvalue weighted by Gasteiger charge is 2.32. The number of rotatable bonds is 6. The average Bonchev–Trinajstić information content (AvgIpc) is 3.29. The molecule has 0 bridgehead atoms. The van der Waals surface area contributed by atoms with Crippen LogP contribution in [0.4, 0.5) is 19.0 Å². The maximum atomic E-state index is 13.0. The number of furan rings is 1. The second-order valence-electron chi connectivity index (χ2n) is 5.99. The highest BCUT2D eigenvalue weighted by molar-refractivity contribution is 6.01. The molecule has 0 aliphatic heterocycles. The number of aromatic nitrogens is 3. The predicted octanol–water partition coefficient (Wildman–Crippen LogP) is 3.79. The predicted molar refractivity (Wildman–Crippen MR) is 96.9 cm³/mol. The fourth-order valence-corrected chi connectivity index (χ4v) is 2.46. The maximum Gasteiger partial charge on any atom is 0.416 e. The van der Waals surface area contributed by atoms with Crippen LogP contribution in [0.5, 0.6) is 0 Å². The van der Waals surface area contributed by atoms with E-state index in [4.69, 9.17) is 4.42 Å². The van der Waals surface area contributed by atoms with Crippen LogP contribution in [-0.4, -0.2) is 26.7 Å². The molecular formula is C19H15F3N4O3. The number of nitrogens with zero attached hydrogens (tertiary/aromatic N) is 3. The van der Waals surface area contributed by atoms with Crippen molar-refractivity contribution in [3.63, 3.8) is 0 Å². The normalized spacial score (nSPS) is 11.7. The zero-order valence-electron chi connectivity index (χ0n) is 15.1. The largest absolute Gasteiger partial charge is 0.456 e. The van der Waals surface area contributed by atoms with Crippen molar-refractivity contribution in [2.75, 3.05) is 5.32 Å². The summed E-state index contributed by atoms with van der Waals surface area (Å²) in [5.41, 5.74) is -0.962. The summed E-state index contributed by atoms with van der Waals surface area (Å²) in [6.45, 7) is 1.51. The SMILES string of the molecule is CC(=O)c1ccc(Cn2ncc(NC(=O)C=Cc3ccccc3C(F)(F)F)n2)o1. The van der Waals surface area contributed by atoms with Crippen LogP contribution in [0.2, 0.25) is 0 Å². The van der Waals surface area contributed by atoms with E-state index in [9.17, 15) is 22.8 Å². The fourth-order valence-electron chi connectivity index (χ4n) is 2.46. The molecule has 2 heterocycles. The first kappa shape index (κ1) is 20.1. The molecule has 1 amide bonds. The van der Waals surface area contributed by atoms with Crippen LogP contribution in [0.3, 0.4) is 0 Å². The smallest absolute Gasteiger partial charge is 0.416 e. The van der Waals surface area contributed by atoms with Gasteiger partial charge in [0.05, 0.1) is 11.8 Å². The van der Waals surface area contributed by atoms with Gasteiger partial charge >= 0.3 is 6.18 Å². The summed E-state index contributed by atoms with van der Waals surface area (Å²) in [6.07, 6.45) is -1.18. The van der Waals surface area contributed by atoms with Gasteiger partial charge in [0.2, 0.25) is 5.91 Å². The first-order valence-electron chi connectivity index (χ1n) is 8.37. The van der Waals surface area contributed by atoms with E-state index >= 15 is 0 Å². The number of ketones is 1. The number of carbonyl (C=O) groups is 2. The number of halogens is 3. The second kappa shape index (κ2) is 8.13. The van der Waals surface area contributed by atoms with Gasteiger partial charge in [-0.25, -0.2) is 0 Å². The summed E-state index contributed by atoms with van der Waals surface area (Å²) in [7, 11) is 0. The molecule has 10 heteroatoms. The molecule has 150 valence electrons. The van der Waals surface area contributed by atoms with Crippen molar-refractivity contribution >= 4 is 23.6 Å². The van der Waals surface area contributed by atoms with Gasteiger partial charge in [0.25, 0.3) is 0 Å². The third-order valence-electron chi connectivity index (χ3n) is 3.77. The summed E-state index contributed by atoms with van der Waals surface area (Å²) in [5.74, 6) is -0.0956. The van der Waals surface area contributed by atoms with Crippen LogP contribution in [0, 0.1) is 0 Å². The Morgan fingerprint density at radius 1 is 1.21 bits per heavy atom. The first-order chi connectivity index (χ1) is 13.7. The van der Waals surface area contributed by atoms with Crippen LogP contribution in [-0.2, 0) is 17.5 Å². The third-order valence-corrected chi connectivity index (χ3v) is 3.77. The summed E-state index contributed by atoms with van der Waals surface area (Å²) < 4.78 is 44.2. The molecule has 0 atom stereocenters. The van der Waals surface area contributed by atoms with Gasteiger partial charge < -0.3 is 9.73 Å². The van der Waals surface area contributed by atoms with Gasteiger partial charge in [-0.05, 0) is 29.8 Å². The lowest BCUT2D eigenvalue weighted by atomic mass is 10.1. The zero-order chi connectivity index (χ0) is 21.0. The molecular weight excluding hydrogens is 389 g/mol. The molecule has 3 rings (SSSR count). The Balaban J connectivity index is 1.63. The van der Waals surface area contributed by atoms with Crippen molar-refractivity contribution < 1.29 is 27.2 Å². The number of carbonyl (C=O) groups excluding carboxylic acids is 2. The number of Topliss-reactive ketones (excluding diaryl/α,β-unsaturated/α-hetero) is 1. The van der Waals surface area contributed by atoms with Gasteiger partial charge in [-0.3, -0.25) is 9.59 Å². The van der Waals surface area contributed by atoms with Gasteiger partial charge in [-0.1, -0.05) is 18.2 Å². The van der Waals surface area contributed by atoms with Crippen LogP contribution in [0.15, 0.2) is 53.1 Å². The monoisotopic (exact) mass is 404 g/mol. The van der Waals surface area contributed by atoms with E-state index in [1.54, 1.807) is 6.07 Å². The second-order valence-corrected chi connectivity index (χ2v) is 5.99. The van der Waals surface area contributed by atoms with Gasteiger partial charge in [0.15, 0.2) is 17.4 Å². The lowest BCUT2D eigenvalue weighted by Gasteiger charge is -2.09. The molecule has 29 heavy (non-hydrogen) atoms.